The van der Waals surface area contributed by atoms with E-state index in [4.69, 9.17) is 25.8 Å². The minimum atomic E-state index is -0.250. The van der Waals surface area contributed by atoms with E-state index in [1.807, 2.05) is 6.92 Å². The zero-order chi connectivity index (χ0) is 20.3. The van der Waals surface area contributed by atoms with Crippen LogP contribution in [0.15, 0.2) is 18.2 Å². The summed E-state index contributed by atoms with van der Waals surface area (Å²) in [6.07, 6.45) is 4.37. The van der Waals surface area contributed by atoms with Crippen molar-refractivity contribution < 1.29 is 23.8 Å². The maximum atomic E-state index is 12.5. The van der Waals surface area contributed by atoms with Crippen LogP contribution >= 0.6 is 11.6 Å². The van der Waals surface area contributed by atoms with Crippen LogP contribution in [0.5, 0.6) is 11.5 Å². The maximum absolute atomic E-state index is 12.5. The van der Waals surface area contributed by atoms with Crippen molar-refractivity contribution in [1.29, 1.82) is 0 Å². The summed E-state index contributed by atoms with van der Waals surface area (Å²) >= 11 is 6.35. The first-order valence-corrected chi connectivity index (χ1v) is 9.67. The van der Waals surface area contributed by atoms with Crippen molar-refractivity contribution in [2.24, 2.45) is 0 Å². The molecule has 0 N–H and O–H groups in total. The summed E-state index contributed by atoms with van der Waals surface area (Å²) in [7, 11) is 3.06. The Morgan fingerprint density at radius 1 is 1.25 bits per heavy atom. The molecule has 28 heavy (non-hydrogen) atoms. The molecular formula is C20H25ClN2O5. The Labute approximate surface area is 169 Å². The lowest BCUT2D eigenvalue weighted by Crippen LogP contribution is -2.46. The van der Waals surface area contributed by atoms with Gasteiger partial charge in [0.1, 0.15) is 6.10 Å². The summed E-state index contributed by atoms with van der Waals surface area (Å²) in [5.74, 6) is 0.890. The lowest BCUT2D eigenvalue weighted by molar-refractivity contribution is -0.127. The van der Waals surface area contributed by atoms with Gasteiger partial charge in [-0.3, -0.25) is 4.79 Å². The van der Waals surface area contributed by atoms with Gasteiger partial charge in [0.15, 0.2) is 11.5 Å². The predicted molar refractivity (Wildman–Crippen MR) is 106 cm³/mol. The number of carbonyl (C=O) groups is 2. The van der Waals surface area contributed by atoms with Crippen LogP contribution in [0.4, 0.5) is 4.79 Å². The van der Waals surface area contributed by atoms with Crippen LogP contribution in [0, 0.1) is 0 Å². The van der Waals surface area contributed by atoms with Crippen LogP contribution in [0.25, 0.3) is 6.08 Å². The number of rotatable bonds is 5. The predicted octanol–water partition coefficient (Wildman–Crippen LogP) is 3.20. The van der Waals surface area contributed by atoms with Crippen LogP contribution in [0.2, 0.25) is 5.02 Å². The first kappa shape index (κ1) is 20.3. The number of amides is 2. The molecule has 1 aromatic carbocycles. The normalized spacial score (nSPS) is 20.6. The van der Waals surface area contributed by atoms with Crippen molar-refractivity contribution in [3.63, 3.8) is 0 Å². The Kier molecular flexibility index (Phi) is 6.34. The molecule has 0 bridgehead atoms. The summed E-state index contributed by atoms with van der Waals surface area (Å²) in [4.78, 5) is 28.0. The molecule has 2 heterocycles. The third-order valence-corrected chi connectivity index (χ3v) is 5.52. The molecule has 152 valence electrons. The number of likely N-dealkylation sites (tertiary alicyclic amines) is 1. The monoisotopic (exact) mass is 408 g/mol. The van der Waals surface area contributed by atoms with E-state index in [-0.39, 0.29) is 24.1 Å². The quantitative estimate of drug-likeness (QED) is 0.700. The van der Waals surface area contributed by atoms with E-state index in [2.05, 4.69) is 0 Å². The highest BCUT2D eigenvalue weighted by atomic mass is 35.5. The highest BCUT2D eigenvalue weighted by Gasteiger charge is 2.35. The second-order valence-corrected chi connectivity index (χ2v) is 7.32. The van der Waals surface area contributed by atoms with E-state index in [0.29, 0.717) is 41.7 Å². The third-order valence-electron chi connectivity index (χ3n) is 5.13. The van der Waals surface area contributed by atoms with Gasteiger partial charge in [-0.25, -0.2) is 4.79 Å². The molecule has 0 saturated carbocycles. The third kappa shape index (κ3) is 4.19. The van der Waals surface area contributed by atoms with Gasteiger partial charge in [0.2, 0.25) is 5.91 Å². The van der Waals surface area contributed by atoms with E-state index in [9.17, 15) is 9.59 Å². The summed E-state index contributed by atoms with van der Waals surface area (Å²) in [6.45, 7) is 3.72. The lowest BCUT2D eigenvalue weighted by atomic mass is 10.0. The molecule has 0 radical (unpaired) electrons. The fraction of sp³-hybridized carbons (Fsp3) is 0.500. The second-order valence-electron chi connectivity index (χ2n) is 6.94. The van der Waals surface area contributed by atoms with Gasteiger partial charge in [-0.2, -0.15) is 0 Å². The van der Waals surface area contributed by atoms with Crippen molar-refractivity contribution in [3.05, 3.63) is 28.8 Å². The Balaban J connectivity index is 1.60. The molecule has 1 aromatic rings. The fourth-order valence-electron chi connectivity index (χ4n) is 3.62. The first-order valence-electron chi connectivity index (χ1n) is 9.29. The molecule has 2 aliphatic rings. The van der Waals surface area contributed by atoms with Gasteiger partial charge in [0.05, 0.1) is 25.8 Å². The highest BCUT2D eigenvalue weighted by molar-refractivity contribution is 6.33. The van der Waals surface area contributed by atoms with Crippen LogP contribution in [0.3, 0.4) is 0 Å². The van der Waals surface area contributed by atoms with Crippen molar-refractivity contribution in [1.82, 2.24) is 9.80 Å². The van der Waals surface area contributed by atoms with Crippen molar-refractivity contribution >= 4 is 29.7 Å². The van der Waals surface area contributed by atoms with Crippen molar-refractivity contribution in [2.45, 2.75) is 31.9 Å². The Morgan fingerprint density at radius 2 is 1.96 bits per heavy atom. The summed E-state index contributed by atoms with van der Waals surface area (Å²) in [5, 5.41) is 0.395. The molecule has 7 nitrogen and oxygen atoms in total. The van der Waals surface area contributed by atoms with E-state index >= 15 is 0 Å². The van der Waals surface area contributed by atoms with Crippen LogP contribution in [0.1, 0.15) is 25.3 Å². The average molecular weight is 409 g/mol. The molecule has 8 heteroatoms. The molecule has 2 fully saturated rings. The first-order chi connectivity index (χ1) is 13.4. The van der Waals surface area contributed by atoms with Gasteiger partial charge >= 0.3 is 6.09 Å². The number of nitrogens with zero attached hydrogens (tertiary/aromatic N) is 2. The fourth-order valence-corrected chi connectivity index (χ4v) is 3.92. The number of ether oxygens (including phenoxy) is 3. The maximum Gasteiger partial charge on any atom is 0.410 e. The second kappa shape index (κ2) is 8.73. The molecule has 0 aliphatic carbocycles. The van der Waals surface area contributed by atoms with E-state index in [1.54, 1.807) is 35.1 Å². The topological polar surface area (TPSA) is 68.3 Å². The minimum Gasteiger partial charge on any atom is -0.493 e. The number of hydrogen-bond acceptors (Lipinski definition) is 5. The SMILES string of the molecule is COc1ccc(C=CC(=O)N2CCC(N3CC(C)OC3=O)CC2)c(Cl)c1OC. The molecule has 0 aromatic heterocycles. The average Bonchev–Trinajstić information content (AvgIpc) is 3.04. The van der Waals surface area contributed by atoms with Gasteiger partial charge in [-0.05, 0) is 43.5 Å². The van der Waals surface area contributed by atoms with Gasteiger partial charge in [0, 0.05) is 25.2 Å². The van der Waals surface area contributed by atoms with Gasteiger partial charge < -0.3 is 24.0 Å². The zero-order valence-electron chi connectivity index (χ0n) is 16.3. The Morgan fingerprint density at radius 3 is 2.54 bits per heavy atom. The van der Waals surface area contributed by atoms with Gasteiger partial charge in [-0.1, -0.05) is 11.6 Å². The number of halogens is 1. The molecule has 2 saturated heterocycles. The Bertz CT molecular complexity index is 774. The molecule has 1 atom stereocenters. The highest BCUT2D eigenvalue weighted by Crippen LogP contribution is 2.37. The van der Waals surface area contributed by atoms with Crippen molar-refractivity contribution in [2.75, 3.05) is 33.9 Å². The number of cyclic esters (lactones) is 1. The molecule has 2 aliphatic heterocycles. The van der Waals surface area contributed by atoms with E-state index < -0.39 is 0 Å². The summed E-state index contributed by atoms with van der Waals surface area (Å²) in [6, 6.07) is 3.65. The summed E-state index contributed by atoms with van der Waals surface area (Å²) < 4.78 is 15.7. The number of hydrogen-bond donors (Lipinski definition) is 0. The smallest absolute Gasteiger partial charge is 0.410 e. The molecule has 1 unspecified atom stereocenters. The molecule has 2 amide bonds. The number of piperidine rings is 1. The largest absolute Gasteiger partial charge is 0.493 e. The Hall–Kier alpha value is -2.41. The standard InChI is InChI=1S/C20H25ClN2O5/c1-13-12-23(20(25)28-13)15-8-10-22(11-9-15)17(24)7-5-14-4-6-16(26-2)19(27-3)18(14)21/h4-7,13,15H,8-12H2,1-3H3. The lowest BCUT2D eigenvalue weighted by Gasteiger charge is -2.35. The number of carbonyl (C=O) groups excluding carboxylic acids is 2. The zero-order valence-corrected chi connectivity index (χ0v) is 17.1. The molecule has 0 spiro atoms. The van der Waals surface area contributed by atoms with Crippen LogP contribution in [-0.4, -0.2) is 67.8 Å². The van der Waals surface area contributed by atoms with E-state index in [1.165, 1.54) is 13.2 Å². The van der Waals surface area contributed by atoms with Gasteiger partial charge in [-0.15, -0.1) is 0 Å². The number of methoxy groups -OCH3 is 2. The van der Waals surface area contributed by atoms with Gasteiger partial charge in [0.25, 0.3) is 0 Å². The van der Waals surface area contributed by atoms with Crippen molar-refractivity contribution in [3.8, 4) is 11.5 Å². The summed E-state index contributed by atoms with van der Waals surface area (Å²) in [5.41, 5.74) is 0.677. The molecular weight excluding hydrogens is 384 g/mol. The van der Waals surface area contributed by atoms with E-state index in [0.717, 1.165) is 12.8 Å². The van der Waals surface area contributed by atoms with Crippen LogP contribution < -0.4 is 9.47 Å². The van der Waals surface area contributed by atoms with Crippen LogP contribution in [-0.2, 0) is 9.53 Å². The molecule has 3 rings (SSSR count). The number of benzene rings is 1. The minimum absolute atomic E-state index is 0.0682.